The molecule has 7 unspecified atom stereocenters. The third-order valence-electron chi connectivity index (χ3n) is 7.05. The van der Waals surface area contributed by atoms with Crippen molar-refractivity contribution in [2.75, 3.05) is 6.61 Å². The molecule has 0 aromatic heterocycles. The summed E-state index contributed by atoms with van der Waals surface area (Å²) in [5.41, 5.74) is -0.667. The van der Waals surface area contributed by atoms with Gasteiger partial charge in [0.15, 0.2) is 6.17 Å². The van der Waals surface area contributed by atoms with Crippen molar-refractivity contribution in [3.63, 3.8) is 0 Å². The van der Waals surface area contributed by atoms with Gasteiger partial charge in [0.05, 0.1) is 18.1 Å². The molecule has 2 N–H and O–H groups in total. The summed E-state index contributed by atoms with van der Waals surface area (Å²) in [6.07, 6.45) is 0.875. The van der Waals surface area contributed by atoms with Gasteiger partial charge in [-0.3, -0.25) is 9.35 Å². The average Bonchev–Trinajstić information content (AvgIpc) is 3.26. The van der Waals surface area contributed by atoms with Crippen molar-refractivity contribution in [2.45, 2.75) is 68.9 Å². The van der Waals surface area contributed by atoms with Crippen molar-refractivity contribution in [1.82, 2.24) is 0 Å². The Hall–Kier alpha value is -0.870. The van der Waals surface area contributed by atoms with Gasteiger partial charge in [0.2, 0.25) is 0 Å². The highest BCUT2D eigenvalue weighted by molar-refractivity contribution is 7.86. The van der Waals surface area contributed by atoms with Crippen molar-refractivity contribution in [2.24, 2.45) is 29.6 Å². The molecule has 2 bridgehead atoms. The summed E-state index contributed by atoms with van der Waals surface area (Å²) in [5, 5.41) is 5.63. The molecular weight excluding hydrogens is 401 g/mol. The highest BCUT2D eigenvalue weighted by Crippen LogP contribution is 2.58. The summed E-state index contributed by atoms with van der Waals surface area (Å²) in [4.78, 5) is 12.3. The van der Waals surface area contributed by atoms with Crippen molar-refractivity contribution < 1.29 is 40.8 Å². The molecule has 162 valence electrons. The number of carbonyl (C=O) groups excluding carboxylic acids is 1. The van der Waals surface area contributed by atoms with Crippen LogP contribution >= 0.6 is 0 Å². The Labute approximate surface area is 162 Å². The number of fused-ring (bicyclic) bond motifs is 2. The van der Waals surface area contributed by atoms with E-state index in [0.717, 1.165) is 32.1 Å². The lowest BCUT2D eigenvalue weighted by molar-refractivity contribution is -0.152. The molecule has 3 aliphatic rings. The lowest BCUT2D eigenvalue weighted by atomic mass is 9.71. The van der Waals surface area contributed by atoms with Gasteiger partial charge < -0.3 is 9.84 Å². The molecule has 6 nitrogen and oxygen atoms in total. The van der Waals surface area contributed by atoms with Crippen molar-refractivity contribution in [3.05, 3.63) is 0 Å². The van der Waals surface area contributed by atoms with Crippen LogP contribution in [0.3, 0.4) is 0 Å². The molecule has 3 rings (SSSR count). The second-order valence-corrected chi connectivity index (χ2v) is 10.3. The SMILES string of the molecule is CC1(O)CCCC1C1CC2CC1CC2C(=O)OCCC(F)C(F)(F)S(=O)(=O)O. The van der Waals surface area contributed by atoms with Crippen LogP contribution in [0.4, 0.5) is 13.2 Å². The van der Waals surface area contributed by atoms with Gasteiger partial charge in [0.25, 0.3) is 0 Å². The van der Waals surface area contributed by atoms with E-state index in [1.54, 1.807) is 0 Å². The van der Waals surface area contributed by atoms with Crippen LogP contribution in [0.5, 0.6) is 0 Å². The Kier molecular flexibility index (Phi) is 5.79. The fourth-order valence-corrected chi connectivity index (χ4v) is 6.09. The molecule has 0 aromatic rings. The smallest absolute Gasteiger partial charge is 0.400 e. The summed E-state index contributed by atoms with van der Waals surface area (Å²) in [5.74, 6) is 0.0816. The van der Waals surface area contributed by atoms with E-state index in [-0.39, 0.29) is 17.8 Å². The van der Waals surface area contributed by atoms with E-state index in [2.05, 4.69) is 0 Å². The maximum atomic E-state index is 13.4. The third-order valence-corrected chi connectivity index (χ3v) is 8.00. The Morgan fingerprint density at radius 3 is 2.46 bits per heavy atom. The quantitative estimate of drug-likeness (QED) is 0.478. The van der Waals surface area contributed by atoms with E-state index >= 15 is 0 Å². The summed E-state index contributed by atoms with van der Waals surface area (Å²) in [7, 11) is -5.87. The molecule has 10 heteroatoms. The van der Waals surface area contributed by atoms with Crippen molar-refractivity contribution in [3.8, 4) is 0 Å². The zero-order chi connectivity index (χ0) is 20.9. The Morgan fingerprint density at radius 1 is 1.29 bits per heavy atom. The van der Waals surface area contributed by atoms with Gasteiger partial charge in [0, 0.05) is 6.42 Å². The molecule has 3 aliphatic carbocycles. The molecule has 0 spiro atoms. The topological polar surface area (TPSA) is 101 Å². The molecule has 0 aliphatic heterocycles. The van der Waals surface area contributed by atoms with Crippen LogP contribution in [0.2, 0.25) is 0 Å². The first-order valence-corrected chi connectivity index (χ1v) is 11.2. The predicted octanol–water partition coefficient (Wildman–Crippen LogP) is 2.95. The zero-order valence-corrected chi connectivity index (χ0v) is 16.5. The molecule has 3 saturated carbocycles. The van der Waals surface area contributed by atoms with Crippen LogP contribution in [0.1, 0.15) is 51.9 Å². The fraction of sp³-hybridized carbons (Fsp3) is 0.944. The molecule has 0 amide bonds. The molecule has 0 radical (unpaired) electrons. The van der Waals surface area contributed by atoms with Crippen LogP contribution in [-0.4, -0.2) is 47.7 Å². The normalized spacial score (nSPS) is 39.3. The number of alkyl halides is 3. The number of ether oxygens (including phenoxy) is 1. The number of carbonyl (C=O) groups is 1. The summed E-state index contributed by atoms with van der Waals surface area (Å²) >= 11 is 0. The van der Waals surface area contributed by atoms with E-state index in [9.17, 15) is 31.5 Å². The monoisotopic (exact) mass is 428 g/mol. The Balaban J connectivity index is 1.48. The number of hydrogen-bond donors (Lipinski definition) is 2. The number of rotatable bonds is 7. The maximum Gasteiger partial charge on any atom is 0.400 e. The van der Waals surface area contributed by atoms with E-state index in [4.69, 9.17) is 9.29 Å². The highest BCUT2D eigenvalue weighted by Gasteiger charge is 2.55. The van der Waals surface area contributed by atoms with Crippen LogP contribution in [0.25, 0.3) is 0 Å². The minimum atomic E-state index is -5.87. The molecule has 0 heterocycles. The second kappa shape index (κ2) is 7.43. The molecular formula is C18H27F3O6S. The van der Waals surface area contributed by atoms with Gasteiger partial charge in [-0.2, -0.15) is 17.2 Å². The summed E-state index contributed by atoms with van der Waals surface area (Å²) in [6.45, 7) is 1.19. The number of esters is 1. The van der Waals surface area contributed by atoms with Crippen LogP contribution < -0.4 is 0 Å². The maximum absolute atomic E-state index is 13.4. The zero-order valence-electron chi connectivity index (χ0n) is 15.7. The fourth-order valence-electron chi connectivity index (χ4n) is 5.65. The Morgan fingerprint density at radius 2 is 1.96 bits per heavy atom. The van der Waals surface area contributed by atoms with Gasteiger partial charge in [0.1, 0.15) is 0 Å². The number of halogens is 3. The number of aliphatic hydroxyl groups is 1. The third kappa shape index (κ3) is 3.92. The van der Waals surface area contributed by atoms with E-state index in [1.165, 1.54) is 0 Å². The molecule has 3 fully saturated rings. The average molecular weight is 428 g/mol. The first-order chi connectivity index (χ1) is 12.8. The van der Waals surface area contributed by atoms with Gasteiger partial charge in [-0.05, 0) is 62.7 Å². The Bertz CT molecular complexity index is 710. The minimum absolute atomic E-state index is 0.110. The van der Waals surface area contributed by atoms with E-state index in [0.29, 0.717) is 18.3 Å². The van der Waals surface area contributed by atoms with Crippen LogP contribution in [0, 0.1) is 29.6 Å². The molecule has 7 atom stereocenters. The minimum Gasteiger partial charge on any atom is -0.465 e. The largest absolute Gasteiger partial charge is 0.465 e. The van der Waals surface area contributed by atoms with Gasteiger partial charge in [-0.25, -0.2) is 4.39 Å². The van der Waals surface area contributed by atoms with E-state index < -0.39 is 46.1 Å². The van der Waals surface area contributed by atoms with Crippen molar-refractivity contribution >= 4 is 16.1 Å². The summed E-state index contributed by atoms with van der Waals surface area (Å²) in [6, 6.07) is 0. The highest BCUT2D eigenvalue weighted by atomic mass is 32.2. The first-order valence-electron chi connectivity index (χ1n) is 9.72. The van der Waals surface area contributed by atoms with Crippen molar-refractivity contribution in [1.29, 1.82) is 0 Å². The van der Waals surface area contributed by atoms with E-state index in [1.807, 2.05) is 6.92 Å². The standard InChI is InChI=1S/C18H27F3O6S/c1-17(23)5-2-3-14(17)12-8-11-7-10(12)9-13(11)16(22)27-6-4-15(19)18(20,21)28(24,25)26/h10-15,23H,2-9H2,1H3,(H,24,25,26). The second-order valence-electron chi connectivity index (χ2n) is 8.81. The molecule has 28 heavy (non-hydrogen) atoms. The van der Waals surface area contributed by atoms with Crippen LogP contribution in [-0.2, 0) is 19.6 Å². The lowest BCUT2D eigenvalue weighted by Gasteiger charge is -2.37. The molecule has 0 aromatic carbocycles. The number of hydrogen-bond acceptors (Lipinski definition) is 5. The predicted molar refractivity (Wildman–Crippen MR) is 92.7 cm³/mol. The van der Waals surface area contributed by atoms with Gasteiger partial charge >= 0.3 is 21.3 Å². The van der Waals surface area contributed by atoms with Gasteiger partial charge in [-0.15, -0.1) is 0 Å². The van der Waals surface area contributed by atoms with Gasteiger partial charge in [-0.1, -0.05) is 6.42 Å². The molecule has 0 saturated heterocycles. The summed E-state index contributed by atoms with van der Waals surface area (Å²) < 4.78 is 74.1. The van der Waals surface area contributed by atoms with Crippen LogP contribution in [0.15, 0.2) is 0 Å². The lowest BCUT2D eigenvalue weighted by Crippen LogP contribution is -2.39. The first kappa shape index (κ1) is 21.8.